The Labute approximate surface area is 136 Å². The lowest BCUT2D eigenvalue weighted by atomic mass is 10.1. The number of rotatable bonds is 5. The molecule has 0 saturated carbocycles. The third-order valence-electron chi connectivity index (χ3n) is 3.33. The number of aromatic amines is 1. The largest absolute Gasteiger partial charge is 0.308 e. The predicted molar refractivity (Wildman–Crippen MR) is 89.4 cm³/mol. The van der Waals surface area contributed by atoms with E-state index >= 15 is 0 Å². The van der Waals surface area contributed by atoms with Crippen molar-refractivity contribution in [2.75, 3.05) is 7.05 Å². The highest BCUT2D eigenvalue weighted by atomic mass is 32.1. The van der Waals surface area contributed by atoms with Crippen LogP contribution in [-0.4, -0.2) is 31.5 Å². The van der Waals surface area contributed by atoms with Crippen molar-refractivity contribution >= 4 is 33.1 Å². The molecule has 116 valence electrons. The molecule has 3 heterocycles. The normalized spacial score (nSPS) is 11.9. The van der Waals surface area contributed by atoms with Crippen LogP contribution < -0.4 is 5.56 Å². The van der Waals surface area contributed by atoms with Gasteiger partial charge in [-0.25, -0.2) is 4.98 Å². The first-order valence-electron chi connectivity index (χ1n) is 7.00. The van der Waals surface area contributed by atoms with Crippen molar-refractivity contribution in [3.8, 4) is 0 Å². The molecule has 0 saturated heterocycles. The highest BCUT2D eigenvalue weighted by Gasteiger charge is 2.14. The van der Waals surface area contributed by atoms with Crippen molar-refractivity contribution in [2.24, 2.45) is 0 Å². The molecule has 0 radical (unpaired) electrons. The topological polar surface area (TPSA) is 74.8 Å². The van der Waals surface area contributed by atoms with E-state index in [-0.39, 0.29) is 5.56 Å². The van der Waals surface area contributed by atoms with Crippen LogP contribution in [0, 0.1) is 0 Å². The van der Waals surface area contributed by atoms with Gasteiger partial charge in [0.25, 0.3) is 5.56 Å². The summed E-state index contributed by atoms with van der Waals surface area (Å²) in [5.74, 6) is 1.05. The summed E-state index contributed by atoms with van der Waals surface area (Å²) in [7, 11) is 2.00. The monoisotopic (exact) mass is 335 g/mol. The van der Waals surface area contributed by atoms with Gasteiger partial charge in [0, 0.05) is 6.54 Å². The van der Waals surface area contributed by atoms with Crippen LogP contribution in [-0.2, 0) is 13.1 Å². The molecule has 0 spiro atoms. The summed E-state index contributed by atoms with van der Waals surface area (Å²) >= 11 is 2.85. The minimum Gasteiger partial charge on any atom is -0.308 e. The summed E-state index contributed by atoms with van der Waals surface area (Å²) in [5, 5.41) is 6.08. The number of thiophene rings is 1. The van der Waals surface area contributed by atoms with Gasteiger partial charge >= 0.3 is 0 Å². The summed E-state index contributed by atoms with van der Waals surface area (Å²) in [4.78, 5) is 22.6. The lowest BCUT2D eigenvalue weighted by Gasteiger charge is -2.15. The van der Waals surface area contributed by atoms with Crippen molar-refractivity contribution in [2.45, 2.75) is 32.9 Å². The Kier molecular flexibility index (Phi) is 4.32. The zero-order valence-corrected chi connectivity index (χ0v) is 14.3. The Morgan fingerprint density at radius 1 is 1.36 bits per heavy atom. The number of hydrogen-bond acceptors (Lipinski definition) is 7. The molecule has 3 rings (SSSR count). The Balaban J connectivity index is 1.76. The molecule has 0 fully saturated rings. The van der Waals surface area contributed by atoms with Gasteiger partial charge in [0.05, 0.1) is 22.6 Å². The molecule has 0 aliphatic carbocycles. The van der Waals surface area contributed by atoms with E-state index in [1.807, 2.05) is 18.5 Å². The first-order valence-corrected chi connectivity index (χ1v) is 8.66. The molecule has 0 amide bonds. The van der Waals surface area contributed by atoms with Crippen molar-refractivity contribution in [3.63, 3.8) is 0 Å². The summed E-state index contributed by atoms with van der Waals surface area (Å²) < 4.78 is 4.73. The van der Waals surface area contributed by atoms with Gasteiger partial charge in [-0.1, -0.05) is 18.3 Å². The van der Waals surface area contributed by atoms with Crippen LogP contribution in [0.4, 0.5) is 0 Å². The summed E-state index contributed by atoms with van der Waals surface area (Å²) in [6.07, 6.45) is 0. The Hall–Kier alpha value is -1.64. The number of fused-ring (bicyclic) bond motifs is 1. The SMILES string of the molecule is CC(C)c1nnsc1CN(C)Cc1nc2ccsc2c(=O)[nH]1. The van der Waals surface area contributed by atoms with Gasteiger partial charge in [0.2, 0.25) is 0 Å². The molecule has 6 nitrogen and oxygen atoms in total. The maximum Gasteiger partial charge on any atom is 0.268 e. The minimum atomic E-state index is -0.0641. The highest BCUT2D eigenvalue weighted by Crippen LogP contribution is 2.21. The highest BCUT2D eigenvalue weighted by molar-refractivity contribution is 7.17. The second-order valence-electron chi connectivity index (χ2n) is 5.56. The summed E-state index contributed by atoms with van der Waals surface area (Å²) in [6.45, 7) is 5.56. The van der Waals surface area contributed by atoms with Gasteiger partial charge in [-0.2, -0.15) is 0 Å². The van der Waals surface area contributed by atoms with Gasteiger partial charge in [-0.3, -0.25) is 9.69 Å². The smallest absolute Gasteiger partial charge is 0.268 e. The van der Waals surface area contributed by atoms with E-state index in [9.17, 15) is 4.79 Å². The van der Waals surface area contributed by atoms with Gasteiger partial charge in [0.15, 0.2) is 0 Å². The van der Waals surface area contributed by atoms with E-state index in [2.05, 4.69) is 38.3 Å². The number of aromatic nitrogens is 4. The van der Waals surface area contributed by atoms with Crippen LogP contribution in [0.1, 0.15) is 36.2 Å². The van der Waals surface area contributed by atoms with E-state index in [1.54, 1.807) is 0 Å². The molecular weight excluding hydrogens is 318 g/mol. The molecule has 0 aliphatic rings. The van der Waals surface area contributed by atoms with E-state index < -0.39 is 0 Å². The third-order valence-corrected chi connectivity index (χ3v) is 4.95. The van der Waals surface area contributed by atoms with Crippen molar-refractivity contribution in [3.05, 3.63) is 38.2 Å². The van der Waals surface area contributed by atoms with Crippen LogP contribution in [0.3, 0.4) is 0 Å². The maximum absolute atomic E-state index is 12.0. The van der Waals surface area contributed by atoms with Crippen LogP contribution in [0.5, 0.6) is 0 Å². The number of nitrogens with one attached hydrogen (secondary N) is 1. The fraction of sp³-hybridized carbons (Fsp3) is 0.429. The Bertz CT molecular complexity index is 835. The van der Waals surface area contributed by atoms with Crippen molar-refractivity contribution in [1.29, 1.82) is 0 Å². The van der Waals surface area contributed by atoms with Gasteiger partial charge in [-0.15, -0.1) is 16.4 Å². The molecule has 0 aromatic carbocycles. The lowest BCUT2D eigenvalue weighted by molar-refractivity contribution is 0.312. The van der Waals surface area contributed by atoms with E-state index in [0.717, 1.165) is 22.6 Å². The Morgan fingerprint density at radius 2 is 2.18 bits per heavy atom. The first kappa shape index (κ1) is 15.3. The average molecular weight is 335 g/mol. The van der Waals surface area contributed by atoms with E-state index in [0.29, 0.717) is 23.0 Å². The molecule has 0 unspecified atom stereocenters. The third kappa shape index (κ3) is 3.08. The number of H-pyrrole nitrogens is 1. The second-order valence-corrected chi connectivity index (χ2v) is 7.31. The number of hydrogen-bond donors (Lipinski definition) is 1. The fourth-order valence-corrected chi connectivity index (χ4v) is 3.92. The Morgan fingerprint density at radius 3 is 2.95 bits per heavy atom. The van der Waals surface area contributed by atoms with Gasteiger partial charge in [0.1, 0.15) is 10.5 Å². The molecule has 8 heteroatoms. The maximum atomic E-state index is 12.0. The van der Waals surface area contributed by atoms with Gasteiger partial charge < -0.3 is 4.98 Å². The van der Waals surface area contributed by atoms with Crippen molar-refractivity contribution < 1.29 is 0 Å². The van der Waals surface area contributed by atoms with Crippen LogP contribution >= 0.6 is 22.9 Å². The molecular formula is C14H17N5OS2. The lowest BCUT2D eigenvalue weighted by Crippen LogP contribution is -2.21. The molecule has 22 heavy (non-hydrogen) atoms. The molecule has 1 N–H and O–H groups in total. The van der Waals surface area contributed by atoms with Crippen LogP contribution in [0.25, 0.3) is 10.2 Å². The van der Waals surface area contributed by atoms with Crippen LogP contribution in [0.15, 0.2) is 16.2 Å². The van der Waals surface area contributed by atoms with E-state index in [1.165, 1.54) is 22.9 Å². The first-order chi connectivity index (χ1) is 10.5. The standard InChI is InChI=1S/C14H17N5OS2/c1-8(2)12-10(22-18-17-12)6-19(3)7-11-15-9-4-5-21-13(9)14(20)16-11/h4-5,8H,6-7H2,1-3H3,(H,15,16,20). The van der Waals surface area contributed by atoms with E-state index in [4.69, 9.17) is 0 Å². The molecule has 3 aromatic heterocycles. The fourth-order valence-electron chi connectivity index (χ4n) is 2.32. The summed E-state index contributed by atoms with van der Waals surface area (Å²) in [6, 6.07) is 1.88. The average Bonchev–Trinajstić information content (AvgIpc) is 3.07. The van der Waals surface area contributed by atoms with Crippen molar-refractivity contribution in [1.82, 2.24) is 24.5 Å². The number of nitrogens with zero attached hydrogens (tertiary/aromatic N) is 4. The quantitative estimate of drug-likeness (QED) is 0.776. The molecule has 0 bridgehead atoms. The molecule has 0 atom stereocenters. The zero-order valence-electron chi connectivity index (χ0n) is 12.7. The second kappa shape index (κ2) is 6.23. The predicted octanol–water partition coefficient (Wildman–Crippen LogP) is 2.59. The van der Waals surface area contributed by atoms with Gasteiger partial charge in [-0.05, 0) is 35.9 Å². The van der Waals surface area contributed by atoms with Crippen LogP contribution in [0.2, 0.25) is 0 Å². The molecule has 0 aliphatic heterocycles. The molecule has 3 aromatic rings. The summed E-state index contributed by atoms with van der Waals surface area (Å²) in [5.41, 5.74) is 1.75. The zero-order chi connectivity index (χ0) is 15.7. The minimum absolute atomic E-state index is 0.0641.